The van der Waals surface area contributed by atoms with Crippen LogP contribution in [0.4, 0.5) is 0 Å². The van der Waals surface area contributed by atoms with Gasteiger partial charge in [-0.3, -0.25) is 4.90 Å². The van der Waals surface area contributed by atoms with Crippen molar-refractivity contribution in [3.8, 4) is 0 Å². The van der Waals surface area contributed by atoms with Crippen molar-refractivity contribution in [2.45, 2.75) is 50.3 Å². The van der Waals surface area contributed by atoms with Crippen molar-refractivity contribution in [2.75, 3.05) is 26.0 Å². The van der Waals surface area contributed by atoms with Crippen molar-refractivity contribution in [3.63, 3.8) is 0 Å². The van der Waals surface area contributed by atoms with E-state index in [1.807, 2.05) is 30.3 Å². The number of benzene rings is 1. The first kappa shape index (κ1) is 17.9. The molecule has 1 aliphatic heterocycles. The molecule has 3 atom stereocenters. The molecule has 1 N–H and O–H groups in total. The minimum Gasteiger partial charge on any atom is -0.380 e. The highest BCUT2D eigenvalue weighted by atomic mass is 32.2. The zero-order valence-electron chi connectivity index (χ0n) is 14.4. The molecule has 1 saturated carbocycles. The van der Waals surface area contributed by atoms with Gasteiger partial charge in [0, 0.05) is 32.3 Å². The molecule has 1 heterocycles. The molecule has 0 bridgehead atoms. The van der Waals surface area contributed by atoms with Crippen LogP contribution in [-0.4, -0.2) is 57.5 Å². The van der Waals surface area contributed by atoms with E-state index in [0.29, 0.717) is 18.6 Å². The molecule has 0 amide bonds. The van der Waals surface area contributed by atoms with Crippen LogP contribution in [0.5, 0.6) is 0 Å². The maximum absolute atomic E-state index is 12.5. The standard InChI is InChI=1S/C18H28N2O3S/c1-23-16-10-12-20(14-16)18-9-5-8-17(18)19-24(21,22)13-11-15-6-3-2-4-7-15/h2-4,6-7,16-19H,5,8-14H2,1H3/t16?,17-,18+/m1/s1. The molecule has 24 heavy (non-hydrogen) atoms. The number of rotatable bonds is 7. The van der Waals surface area contributed by atoms with Crippen molar-refractivity contribution in [3.05, 3.63) is 35.9 Å². The molecule has 3 rings (SSSR count). The molecule has 2 aliphatic rings. The average Bonchev–Trinajstić information content (AvgIpc) is 3.22. The fourth-order valence-electron chi connectivity index (χ4n) is 3.95. The average molecular weight is 353 g/mol. The topological polar surface area (TPSA) is 58.6 Å². The van der Waals surface area contributed by atoms with Crippen molar-refractivity contribution in [1.82, 2.24) is 9.62 Å². The molecule has 134 valence electrons. The second kappa shape index (κ2) is 7.95. The fraction of sp³-hybridized carbons (Fsp3) is 0.667. The summed E-state index contributed by atoms with van der Waals surface area (Å²) < 4.78 is 33.4. The van der Waals surface area contributed by atoms with Gasteiger partial charge in [0.15, 0.2) is 0 Å². The number of aryl methyl sites for hydroxylation is 1. The van der Waals surface area contributed by atoms with Gasteiger partial charge in [0.1, 0.15) is 0 Å². The van der Waals surface area contributed by atoms with Crippen LogP contribution in [-0.2, 0) is 21.2 Å². The van der Waals surface area contributed by atoms with E-state index >= 15 is 0 Å². The van der Waals surface area contributed by atoms with E-state index in [2.05, 4.69) is 9.62 Å². The van der Waals surface area contributed by atoms with E-state index in [-0.39, 0.29) is 11.8 Å². The monoisotopic (exact) mass is 352 g/mol. The highest BCUT2D eigenvalue weighted by molar-refractivity contribution is 7.89. The molecule has 1 unspecified atom stereocenters. The predicted molar refractivity (Wildman–Crippen MR) is 95.5 cm³/mol. The van der Waals surface area contributed by atoms with Gasteiger partial charge in [-0.2, -0.15) is 0 Å². The third-order valence-corrected chi connectivity index (χ3v) is 6.69. The predicted octanol–water partition coefficient (Wildman–Crippen LogP) is 1.79. The summed E-state index contributed by atoms with van der Waals surface area (Å²) in [6.45, 7) is 1.93. The first-order chi connectivity index (χ1) is 11.6. The maximum atomic E-state index is 12.5. The minimum atomic E-state index is -3.25. The quantitative estimate of drug-likeness (QED) is 0.813. The number of nitrogens with zero attached hydrogens (tertiary/aromatic N) is 1. The highest BCUT2D eigenvalue weighted by Crippen LogP contribution is 2.28. The normalized spacial score (nSPS) is 28.5. The van der Waals surface area contributed by atoms with Crippen molar-refractivity contribution in [2.24, 2.45) is 0 Å². The van der Waals surface area contributed by atoms with E-state index in [4.69, 9.17) is 4.74 Å². The second-order valence-electron chi connectivity index (χ2n) is 6.92. The molecule has 6 heteroatoms. The lowest BCUT2D eigenvalue weighted by molar-refractivity contribution is 0.0991. The van der Waals surface area contributed by atoms with Crippen LogP contribution in [0, 0.1) is 0 Å². The van der Waals surface area contributed by atoms with Crippen LogP contribution in [0.2, 0.25) is 0 Å². The van der Waals surface area contributed by atoms with Gasteiger partial charge < -0.3 is 4.74 Å². The molecule has 1 saturated heterocycles. The summed E-state index contributed by atoms with van der Waals surface area (Å²) in [6, 6.07) is 10.1. The number of hydrogen-bond acceptors (Lipinski definition) is 4. The lowest BCUT2D eigenvalue weighted by atomic mass is 10.1. The molecule has 1 aromatic carbocycles. The number of likely N-dealkylation sites (tertiary alicyclic amines) is 1. The molecule has 0 aromatic heterocycles. The Morgan fingerprint density at radius 2 is 2.00 bits per heavy atom. The van der Waals surface area contributed by atoms with E-state index in [1.54, 1.807) is 7.11 Å². The molecule has 1 aromatic rings. The number of sulfonamides is 1. The third-order valence-electron chi connectivity index (χ3n) is 5.29. The number of ether oxygens (including phenoxy) is 1. The van der Waals surface area contributed by atoms with Crippen molar-refractivity contribution in [1.29, 1.82) is 0 Å². The summed E-state index contributed by atoms with van der Waals surface area (Å²) in [6.07, 6.45) is 4.99. The zero-order chi connectivity index (χ0) is 17.0. The number of hydrogen-bond donors (Lipinski definition) is 1. The van der Waals surface area contributed by atoms with Crippen LogP contribution in [0.1, 0.15) is 31.2 Å². The van der Waals surface area contributed by atoms with Crippen molar-refractivity contribution < 1.29 is 13.2 Å². The molecular formula is C18H28N2O3S. The largest absolute Gasteiger partial charge is 0.380 e. The summed E-state index contributed by atoms with van der Waals surface area (Å²) in [5.41, 5.74) is 1.06. The second-order valence-corrected chi connectivity index (χ2v) is 8.79. The highest BCUT2D eigenvalue weighted by Gasteiger charge is 2.37. The van der Waals surface area contributed by atoms with Crippen LogP contribution < -0.4 is 4.72 Å². The van der Waals surface area contributed by atoms with Gasteiger partial charge >= 0.3 is 0 Å². The summed E-state index contributed by atoms with van der Waals surface area (Å²) >= 11 is 0. The number of methoxy groups -OCH3 is 1. The lowest BCUT2D eigenvalue weighted by Gasteiger charge is -2.29. The van der Waals surface area contributed by atoms with Gasteiger partial charge in [-0.05, 0) is 31.2 Å². The van der Waals surface area contributed by atoms with Gasteiger partial charge in [-0.25, -0.2) is 13.1 Å². The summed E-state index contributed by atoms with van der Waals surface area (Å²) in [4.78, 5) is 2.41. The van der Waals surface area contributed by atoms with Crippen molar-refractivity contribution >= 4 is 10.0 Å². The first-order valence-corrected chi connectivity index (χ1v) is 10.5. The Kier molecular flexibility index (Phi) is 5.92. The molecular weight excluding hydrogens is 324 g/mol. The Bertz CT molecular complexity index is 620. The smallest absolute Gasteiger partial charge is 0.212 e. The third kappa shape index (κ3) is 4.57. The fourth-order valence-corrected chi connectivity index (χ4v) is 5.31. The Labute approximate surface area is 145 Å². The van der Waals surface area contributed by atoms with E-state index < -0.39 is 10.0 Å². The van der Waals surface area contributed by atoms with Crippen LogP contribution in [0.3, 0.4) is 0 Å². The van der Waals surface area contributed by atoms with Crippen LogP contribution in [0.25, 0.3) is 0 Å². The van der Waals surface area contributed by atoms with E-state index in [9.17, 15) is 8.42 Å². The summed E-state index contributed by atoms with van der Waals surface area (Å²) in [5.74, 6) is 0.154. The number of nitrogens with one attached hydrogen (secondary N) is 1. The van der Waals surface area contributed by atoms with Gasteiger partial charge in [-0.1, -0.05) is 36.8 Å². The van der Waals surface area contributed by atoms with Crippen LogP contribution >= 0.6 is 0 Å². The molecule has 1 aliphatic carbocycles. The zero-order valence-corrected chi connectivity index (χ0v) is 15.2. The Balaban J connectivity index is 1.55. The van der Waals surface area contributed by atoms with E-state index in [1.165, 1.54) is 0 Å². The lowest BCUT2D eigenvalue weighted by Crippen LogP contribution is -2.48. The molecule has 5 nitrogen and oxygen atoms in total. The van der Waals surface area contributed by atoms with E-state index in [0.717, 1.165) is 44.3 Å². The van der Waals surface area contributed by atoms with Gasteiger partial charge in [0.25, 0.3) is 0 Å². The van der Waals surface area contributed by atoms with Gasteiger partial charge in [0.2, 0.25) is 10.0 Å². The Morgan fingerprint density at radius 1 is 1.21 bits per heavy atom. The molecule has 0 spiro atoms. The molecule has 2 fully saturated rings. The Hall–Kier alpha value is -0.950. The Morgan fingerprint density at radius 3 is 2.71 bits per heavy atom. The van der Waals surface area contributed by atoms with Crippen LogP contribution in [0.15, 0.2) is 30.3 Å². The van der Waals surface area contributed by atoms with Gasteiger partial charge in [-0.15, -0.1) is 0 Å². The van der Waals surface area contributed by atoms with Gasteiger partial charge in [0.05, 0.1) is 11.9 Å². The summed E-state index contributed by atoms with van der Waals surface area (Å²) in [5, 5.41) is 0. The summed E-state index contributed by atoms with van der Waals surface area (Å²) in [7, 11) is -1.50. The minimum absolute atomic E-state index is 0.0429. The maximum Gasteiger partial charge on any atom is 0.212 e. The SMILES string of the molecule is COC1CCN([C@H]2CCC[C@H]2NS(=O)(=O)CCc2ccccc2)C1. The molecule has 0 radical (unpaired) electrons. The first-order valence-electron chi connectivity index (χ1n) is 8.88.